The zero-order chi connectivity index (χ0) is 12.1. The van der Waals surface area contributed by atoms with Crippen LogP contribution in [0.4, 0.5) is 0 Å². The molecule has 0 radical (unpaired) electrons. The third kappa shape index (κ3) is 3.19. The van der Waals surface area contributed by atoms with Crippen LogP contribution in [-0.4, -0.2) is 38.0 Å². The molecule has 0 bridgehead atoms. The van der Waals surface area contributed by atoms with Gasteiger partial charge in [0, 0.05) is 20.3 Å². The van der Waals surface area contributed by atoms with Gasteiger partial charge in [-0.15, -0.1) is 0 Å². The van der Waals surface area contributed by atoms with Gasteiger partial charge in [0.05, 0.1) is 18.3 Å². The molecule has 1 atom stereocenters. The predicted octanol–water partition coefficient (Wildman–Crippen LogP) is 1.61. The monoisotopic (exact) mass is 238 g/mol. The summed E-state index contributed by atoms with van der Waals surface area (Å²) in [4.78, 5) is 0. The highest BCUT2D eigenvalue weighted by Gasteiger charge is 2.35. The highest BCUT2D eigenvalue weighted by molar-refractivity contribution is 5.09. The normalized spacial score (nSPS) is 37.9. The maximum atomic E-state index is 9.38. The Balaban J connectivity index is 1.81. The Morgan fingerprint density at radius 1 is 1.41 bits per heavy atom. The minimum Gasteiger partial charge on any atom is -0.381 e. The third-order valence-electron chi connectivity index (χ3n) is 4.03. The van der Waals surface area contributed by atoms with Crippen molar-refractivity contribution in [3.05, 3.63) is 0 Å². The van der Waals surface area contributed by atoms with E-state index < -0.39 is 0 Å². The largest absolute Gasteiger partial charge is 0.381 e. The van der Waals surface area contributed by atoms with Crippen molar-refractivity contribution in [3.63, 3.8) is 0 Å². The molecule has 2 aliphatic rings. The van der Waals surface area contributed by atoms with Crippen molar-refractivity contribution in [2.45, 2.75) is 56.3 Å². The molecular formula is C13H22N2O2. The van der Waals surface area contributed by atoms with Gasteiger partial charge in [0.2, 0.25) is 0 Å². The lowest BCUT2D eigenvalue weighted by Gasteiger charge is -2.35. The van der Waals surface area contributed by atoms with Gasteiger partial charge in [0.1, 0.15) is 5.54 Å². The van der Waals surface area contributed by atoms with Crippen molar-refractivity contribution in [3.8, 4) is 6.07 Å². The number of nitrogens with zero attached hydrogens (tertiary/aromatic N) is 1. The number of nitrogens with one attached hydrogen (secondary N) is 1. The Kier molecular flexibility index (Phi) is 4.38. The van der Waals surface area contributed by atoms with Crippen molar-refractivity contribution in [1.29, 1.82) is 5.26 Å². The lowest BCUT2D eigenvalue weighted by Crippen LogP contribution is -2.50. The van der Waals surface area contributed by atoms with Gasteiger partial charge in [-0.05, 0) is 38.5 Å². The molecule has 96 valence electrons. The van der Waals surface area contributed by atoms with Gasteiger partial charge in [-0.25, -0.2) is 0 Å². The lowest BCUT2D eigenvalue weighted by molar-refractivity contribution is 0.0469. The number of nitriles is 1. The first-order chi connectivity index (χ1) is 8.28. The van der Waals surface area contributed by atoms with Crippen molar-refractivity contribution in [2.75, 3.05) is 20.3 Å². The zero-order valence-corrected chi connectivity index (χ0v) is 10.6. The third-order valence-corrected chi connectivity index (χ3v) is 4.03. The summed E-state index contributed by atoms with van der Waals surface area (Å²) in [6, 6.07) is 2.46. The molecule has 0 aromatic heterocycles. The molecule has 2 fully saturated rings. The van der Waals surface area contributed by atoms with Crippen molar-refractivity contribution in [2.24, 2.45) is 0 Å². The fraction of sp³-hybridized carbons (Fsp3) is 0.923. The minimum absolute atomic E-state index is 0.306. The van der Waals surface area contributed by atoms with Crippen LogP contribution in [0.15, 0.2) is 0 Å². The molecule has 1 unspecified atom stereocenters. The van der Waals surface area contributed by atoms with Crippen LogP contribution in [0.1, 0.15) is 38.5 Å². The lowest BCUT2D eigenvalue weighted by atomic mass is 9.81. The minimum atomic E-state index is -0.346. The van der Waals surface area contributed by atoms with Crippen LogP contribution in [0.5, 0.6) is 0 Å². The van der Waals surface area contributed by atoms with Crippen molar-refractivity contribution < 1.29 is 9.47 Å². The Hall–Kier alpha value is -0.630. The van der Waals surface area contributed by atoms with Crippen LogP contribution >= 0.6 is 0 Å². The molecule has 1 saturated carbocycles. The van der Waals surface area contributed by atoms with Gasteiger partial charge in [0.15, 0.2) is 0 Å². The van der Waals surface area contributed by atoms with E-state index in [2.05, 4.69) is 11.4 Å². The summed E-state index contributed by atoms with van der Waals surface area (Å²) in [5.74, 6) is 0. The maximum absolute atomic E-state index is 9.38. The molecule has 1 aliphatic carbocycles. The molecule has 0 amide bonds. The highest BCUT2D eigenvalue weighted by Crippen LogP contribution is 2.29. The van der Waals surface area contributed by atoms with Crippen molar-refractivity contribution >= 4 is 0 Å². The molecule has 0 aromatic rings. The molecule has 1 N–H and O–H groups in total. The van der Waals surface area contributed by atoms with E-state index in [0.29, 0.717) is 12.2 Å². The van der Waals surface area contributed by atoms with E-state index in [4.69, 9.17) is 9.47 Å². The van der Waals surface area contributed by atoms with E-state index in [1.165, 1.54) is 0 Å². The van der Waals surface area contributed by atoms with Gasteiger partial charge < -0.3 is 9.47 Å². The highest BCUT2D eigenvalue weighted by atomic mass is 16.5. The molecule has 0 spiro atoms. The van der Waals surface area contributed by atoms with Crippen LogP contribution in [0, 0.1) is 11.3 Å². The summed E-state index contributed by atoms with van der Waals surface area (Å²) >= 11 is 0. The molecule has 0 aromatic carbocycles. The van der Waals surface area contributed by atoms with Gasteiger partial charge in [-0.2, -0.15) is 5.26 Å². The quantitative estimate of drug-likeness (QED) is 0.808. The number of methoxy groups -OCH3 is 1. The smallest absolute Gasteiger partial charge is 0.107 e. The second-order valence-electron chi connectivity index (χ2n) is 5.14. The first kappa shape index (κ1) is 12.8. The first-order valence-corrected chi connectivity index (χ1v) is 6.59. The standard InChI is InChI=1S/C13H22N2O2/c1-16-11-4-6-13(10-14,7-5-11)15-9-12-3-2-8-17-12/h11-12,15H,2-9H2,1H3. The summed E-state index contributed by atoms with van der Waals surface area (Å²) in [6.45, 7) is 1.68. The summed E-state index contributed by atoms with van der Waals surface area (Å²) in [5, 5.41) is 12.8. The molecule has 17 heavy (non-hydrogen) atoms. The van der Waals surface area contributed by atoms with E-state index in [-0.39, 0.29) is 5.54 Å². The number of ether oxygens (including phenoxy) is 2. The summed E-state index contributed by atoms with van der Waals surface area (Å²) in [5.41, 5.74) is -0.346. The van der Waals surface area contributed by atoms with Gasteiger partial charge in [0.25, 0.3) is 0 Å². The summed E-state index contributed by atoms with van der Waals surface area (Å²) in [7, 11) is 1.75. The molecular weight excluding hydrogens is 216 g/mol. The van der Waals surface area contributed by atoms with E-state index in [9.17, 15) is 5.26 Å². The fourth-order valence-electron chi connectivity index (χ4n) is 2.76. The second kappa shape index (κ2) is 5.81. The van der Waals surface area contributed by atoms with E-state index in [0.717, 1.165) is 51.7 Å². The van der Waals surface area contributed by atoms with Gasteiger partial charge in [-0.1, -0.05) is 0 Å². The number of hydrogen-bond acceptors (Lipinski definition) is 4. The van der Waals surface area contributed by atoms with Crippen LogP contribution in [0.2, 0.25) is 0 Å². The SMILES string of the molecule is COC1CCC(C#N)(NCC2CCCO2)CC1. The topological polar surface area (TPSA) is 54.3 Å². The predicted molar refractivity (Wildman–Crippen MR) is 64.6 cm³/mol. The first-order valence-electron chi connectivity index (χ1n) is 6.59. The Labute approximate surface area is 103 Å². The van der Waals surface area contributed by atoms with Crippen LogP contribution in [0.25, 0.3) is 0 Å². The number of hydrogen-bond donors (Lipinski definition) is 1. The number of rotatable bonds is 4. The molecule has 2 rings (SSSR count). The fourth-order valence-corrected chi connectivity index (χ4v) is 2.76. The second-order valence-corrected chi connectivity index (χ2v) is 5.14. The average molecular weight is 238 g/mol. The summed E-state index contributed by atoms with van der Waals surface area (Å²) < 4.78 is 10.9. The molecule has 1 saturated heterocycles. The average Bonchev–Trinajstić information content (AvgIpc) is 2.90. The molecule has 4 nitrogen and oxygen atoms in total. The zero-order valence-electron chi connectivity index (χ0n) is 10.6. The van der Waals surface area contributed by atoms with E-state index in [1.807, 2.05) is 0 Å². The Morgan fingerprint density at radius 3 is 2.71 bits per heavy atom. The van der Waals surface area contributed by atoms with E-state index in [1.54, 1.807) is 7.11 Å². The van der Waals surface area contributed by atoms with Gasteiger partial charge in [-0.3, -0.25) is 5.32 Å². The Bertz CT molecular complexity index is 274. The molecule has 4 heteroatoms. The van der Waals surface area contributed by atoms with Crippen LogP contribution < -0.4 is 5.32 Å². The van der Waals surface area contributed by atoms with Crippen LogP contribution in [0.3, 0.4) is 0 Å². The summed E-state index contributed by atoms with van der Waals surface area (Å²) in [6.07, 6.45) is 6.63. The Morgan fingerprint density at radius 2 is 2.18 bits per heavy atom. The molecule has 1 aliphatic heterocycles. The van der Waals surface area contributed by atoms with Crippen LogP contribution in [-0.2, 0) is 9.47 Å². The van der Waals surface area contributed by atoms with E-state index >= 15 is 0 Å². The maximum Gasteiger partial charge on any atom is 0.107 e. The van der Waals surface area contributed by atoms with Gasteiger partial charge >= 0.3 is 0 Å². The van der Waals surface area contributed by atoms with Crippen molar-refractivity contribution in [1.82, 2.24) is 5.32 Å². The molecule has 1 heterocycles.